The average molecular weight is 178 g/mol. The maximum absolute atomic E-state index is 8.51. The Morgan fingerprint density at radius 2 is 2.62 bits per heavy atom. The van der Waals surface area contributed by atoms with Crippen LogP contribution in [0.5, 0.6) is 0 Å². The molecule has 0 fully saturated rings. The molecule has 13 heavy (non-hydrogen) atoms. The summed E-state index contributed by atoms with van der Waals surface area (Å²) in [6.45, 7) is 2.77. The third kappa shape index (κ3) is 3.26. The van der Waals surface area contributed by atoms with Crippen molar-refractivity contribution in [2.45, 2.75) is 32.4 Å². The Bertz CT molecular complexity index is 260. The maximum Gasteiger partial charge on any atom is 0.120 e. The Morgan fingerprint density at radius 3 is 3.15 bits per heavy atom. The second-order valence-corrected chi connectivity index (χ2v) is 2.88. The van der Waals surface area contributed by atoms with Gasteiger partial charge in [-0.2, -0.15) is 5.26 Å². The maximum atomic E-state index is 8.51. The molecular weight excluding hydrogens is 164 g/mol. The summed E-state index contributed by atoms with van der Waals surface area (Å²) in [5.41, 5.74) is 0. The van der Waals surface area contributed by atoms with E-state index >= 15 is 0 Å². The minimum absolute atomic E-state index is 0.273. The zero-order chi connectivity index (χ0) is 9.52. The van der Waals surface area contributed by atoms with E-state index in [2.05, 4.69) is 28.3 Å². The number of hydrogen-bond acceptors (Lipinski definition) is 3. The van der Waals surface area contributed by atoms with Crippen LogP contribution in [0.2, 0.25) is 0 Å². The SMILES string of the molecule is CCC(CC#N)NCc1ncc[nH]1. The lowest BCUT2D eigenvalue weighted by Crippen LogP contribution is -2.27. The van der Waals surface area contributed by atoms with Gasteiger partial charge in [0.05, 0.1) is 19.0 Å². The van der Waals surface area contributed by atoms with E-state index in [-0.39, 0.29) is 6.04 Å². The van der Waals surface area contributed by atoms with Crippen LogP contribution < -0.4 is 5.32 Å². The Hall–Kier alpha value is -1.34. The van der Waals surface area contributed by atoms with Gasteiger partial charge in [-0.1, -0.05) is 6.92 Å². The molecule has 1 atom stereocenters. The second-order valence-electron chi connectivity index (χ2n) is 2.88. The van der Waals surface area contributed by atoms with Crippen LogP contribution in [0.1, 0.15) is 25.6 Å². The normalized spacial score (nSPS) is 12.3. The molecule has 1 heterocycles. The molecule has 0 radical (unpaired) electrons. The predicted molar refractivity (Wildman–Crippen MR) is 49.7 cm³/mol. The summed E-state index contributed by atoms with van der Waals surface area (Å²) < 4.78 is 0. The standard InChI is InChI=1S/C9H14N4/c1-2-8(3-4-10)13-7-9-11-5-6-12-9/h5-6,8,13H,2-3,7H2,1H3,(H,11,12). The molecule has 0 saturated heterocycles. The van der Waals surface area contributed by atoms with E-state index in [9.17, 15) is 0 Å². The van der Waals surface area contributed by atoms with Crippen molar-refractivity contribution in [1.82, 2.24) is 15.3 Å². The van der Waals surface area contributed by atoms with E-state index in [0.717, 1.165) is 12.2 Å². The highest BCUT2D eigenvalue weighted by Crippen LogP contribution is 1.97. The van der Waals surface area contributed by atoms with Gasteiger partial charge in [-0.05, 0) is 6.42 Å². The largest absolute Gasteiger partial charge is 0.348 e. The summed E-state index contributed by atoms with van der Waals surface area (Å²) in [6.07, 6.45) is 5.04. The topological polar surface area (TPSA) is 64.5 Å². The molecule has 70 valence electrons. The van der Waals surface area contributed by atoms with Crippen molar-refractivity contribution in [3.05, 3.63) is 18.2 Å². The molecular formula is C9H14N4. The number of nitrogens with zero attached hydrogens (tertiary/aromatic N) is 2. The minimum atomic E-state index is 0.273. The van der Waals surface area contributed by atoms with Crippen LogP contribution in [0.4, 0.5) is 0 Å². The quantitative estimate of drug-likeness (QED) is 0.711. The first-order chi connectivity index (χ1) is 6.36. The van der Waals surface area contributed by atoms with Gasteiger partial charge in [0.25, 0.3) is 0 Å². The van der Waals surface area contributed by atoms with E-state index in [0.29, 0.717) is 13.0 Å². The zero-order valence-electron chi connectivity index (χ0n) is 7.75. The van der Waals surface area contributed by atoms with Gasteiger partial charge in [-0.15, -0.1) is 0 Å². The summed E-state index contributed by atoms with van der Waals surface area (Å²) in [5.74, 6) is 0.913. The second kappa shape index (κ2) is 5.33. The van der Waals surface area contributed by atoms with Crippen LogP contribution in [0.25, 0.3) is 0 Å². The Kier molecular flexibility index (Phi) is 4.00. The number of aromatic amines is 1. The van der Waals surface area contributed by atoms with Gasteiger partial charge in [-0.3, -0.25) is 0 Å². The predicted octanol–water partition coefficient (Wildman–Crippen LogP) is 1.19. The molecule has 0 amide bonds. The molecule has 0 saturated carbocycles. The summed E-state index contributed by atoms with van der Waals surface area (Å²) in [5, 5.41) is 11.8. The highest BCUT2D eigenvalue weighted by Gasteiger charge is 2.04. The Balaban J connectivity index is 2.28. The lowest BCUT2D eigenvalue weighted by molar-refractivity contribution is 0.497. The molecule has 2 N–H and O–H groups in total. The molecule has 0 bridgehead atoms. The fraction of sp³-hybridized carbons (Fsp3) is 0.556. The Labute approximate surface area is 78.0 Å². The van der Waals surface area contributed by atoms with Crippen molar-refractivity contribution in [2.75, 3.05) is 0 Å². The summed E-state index contributed by atoms with van der Waals surface area (Å²) in [4.78, 5) is 7.08. The Morgan fingerprint density at radius 1 is 1.77 bits per heavy atom. The highest BCUT2D eigenvalue weighted by molar-refractivity contribution is 4.88. The van der Waals surface area contributed by atoms with E-state index in [1.807, 2.05) is 0 Å². The molecule has 0 aliphatic rings. The fourth-order valence-electron chi connectivity index (χ4n) is 1.11. The number of aromatic nitrogens is 2. The van der Waals surface area contributed by atoms with Crippen LogP contribution in [0.3, 0.4) is 0 Å². The van der Waals surface area contributed by atoms with Crippen molar-refractivity contribution >= 4 is 0 Å². The van der Waals surface area contributed by atoms with Crippen molar-refractivity contribution in [2.24, 2.45) is 0 Å². The minimum Gasteiger partial charge on any atom is -0.348 e. The van der Waals surface area contributed by atoms with E-state index < -0.39 is 0 Å². The smallest absolute Gasteiger partial charge is 0.120 e. The number of rotatable bonds is 5. The van der Waals surface area contributed by atoms with Crippen LogP contribution in [-0.4, -0.2) is 16.0 Å². The molecule has 0 aromatic carbocycles. The van der Waals surface area contributed by atoms with Gasteiger partial charge < -0.3 is 10.3 Å². The number of imidazole rings is 1. The molecule has 1 aromatic heterocycles. The zero-order valence-corrected chi connectivity index (χ0v) is 7.75. The van der Waals surface area contributed by atoms with E-state index in [1.165, 1.54) is 0 Å². The monoisotopic (exact) mass is 178 g/mol. The van der Waals surface area contributed by atoms with Crippen LogP contribution >= 0.6 is 0 Å². The molecule has 4 nitrogen and oxygen atoms in total. The van der Waals surface area contributed by atoms with Gasteiger partial charge in [0.15, 0.2) is 0 Å². The van der Waals surface area contributed by atoms with Crippen LogP contribution in [0.15, 0.2) is 12.4 Å². The van der Waals surface area contributed by atoms with Crippen LogP contribution in [0, 0.1) is 11.3 Å². The van der Waals surface area contributed by atoms with Gasteiger partial charge in [0.1, 0.15) is 5.82 Å². The molecule has 4 heteroatoms. The van der Waals surface area contributed by atoms with Gasteiger partial charge in [0.2, 0.25) is 0 Å². The molecule has 0 aliphatic carbocycles. The lowest BCUT2D eigenvalue weighted by atomic mass is 10.2. The van der Waals surface area contributed by atoms with Crippen molar-refractivity contribution in [3.63, 3.8) is 0 Å². The van der Waals surface area contributed by atoms with E-state index in [1.54, 1.807) is 12.4 Å². The molecule has 1 aromatic rings. The molecule has 1 unspecified atom stereocenters. The number of hydrogen-bond donors (Lipinski definition) is 2. The van der Waals surface area contributed by atoms with E-state index in [4.69, 9.17) is 5.26 Å². The van der Waals surface area contributed by atoms with Crippen LogP contribution in [-0.2, 0) is 6.54 Å². The lowest BCUT2D eigenvalue weighted by Gasteiger charge is -2.11. The van der Waals surface area contributed by atoms with Gasteiger partial charge >= 0.3 is 0 Å². The third-order valence-electron chi connectivity index (χ3n) is 1.94. The number of nitrogens with one attached hydrogen (secondary N) is 2. The molecule has 0 spiro atoms. The first kappa shape index (κ1) is 9.75. The first-order valence-corrected chi connectivity index (χ1v) is 4.45. The van der Waals surface area contributed by atoms with Crippen molar-refractivity contribution in [1.29, 1.82) is 5.26 Å². The average Bonchev–Trinajstić information content (AvgIpc) is 2.64. The number of H-pyrrole nitrogens is 1. The molecule has 1 rings (SSSR count). The number of nitriles is 1. The summed E-state index contributed by atoms with van der Waals surface area (Å²) in [7, 11) is 0. The molecule has 0 aliphatic heterocycles. The third-order valence-corrected chi connectivity index (χ3v) is 1.94. The fourth-order valence-corrected chi connectivity index (χ4v) is 1.11. The van der Waals surface area contributed by atoms with Crippen molar-refractivity contribution < 1.29 is 0 Å². The highest BCUT2D eigenvalue weighted by atomic mass is 15.0. The first-order valence-electron chi connectivity index (χ1n) is 4.45. The van der Waals surface area contributed by atoms with Gasteiger partial charge in [-0.25, -0.2) is 4.98 Å². The van der Waals surface area contributed by atoms with Crippen molar-refractivity contribution in [3.8, 4) is 6.07 Å². The summed E-state index contributed by atoms with van der Waals surface area (Å²) >= 11 is 0. The van der Waals surface area contributed by atoms with Gasteiger partial charge in [0, 0.05) is 18.4 Å². The summed E-state index contributed by atoms with van der Waals surface area (Å²) in [6, 6.07) is 2.43.